The molecule has 8 nitrogen and oxygen atoms in total. The molecule has 3 aromatic rings. The van der Waals surface area contributed by atoms with Crippen LogP contribution in [-0.2, 0) is 22.8 Å². The summed E-state index contributed by atoms with van der Waals surface area (Å²) in [5.74, 6) is 0.241. The number of nitrogens with zero attached hydrogens (tertiary/aromatic N) is 4. The SMILES string of the molecule is Cc1occc1-c1nnc(SC(C)C(=O)N2CC(=O)Nc3cc(C(F)(F)F)ccc32)n1C. The summed E-state index contributed by atoms with van der Waals surface area (Å²) in [4.78, 5) is 26.4. The van der Waals surface area contributed by atoms with Crippen molar-refractivity contribution in [2.75, 3.05) is 16.8 Å². The monoisotopic (exact) mass is 465 g/mol. The van der Waals surface area contributed by atoms with Crippen molar-refractivity contribution >= 4 is 35.0 Å². The van der Waals surface area contributed by atoms with Crippen LogP contribution in [0.4, 0.5) is 24.5 Å². The normalized spacial score (nSPS) is 14.8. The summed E-state index contributed by atoms with van der Waals surface area (Å²) in [6, 6.07) is 4.67. The summed E-state index contributed by atoms with van der Waals surface area (Å²) in [5, 5.41) is 10.5. The molecule has 2 aromatic heterocycles. The highest BCUT2D eigenvalue weighted by atomic mass is 32.2. The number of nitrogens with one attached hydrogen (secondary N) is 1. The lowest BCUT2D eigenvalue weighted by Crippen LogP contribution is -2.45. The molecule has 3 heterocycles. The summed E-state index contributed by atoms with van der Waals surface area (Å²) < 4.78 is 46.1. The Labute approximate surface area is 184 Å². The van der Waals surface area contributed by atoms with Gasteiger partial charge < -0.3 is 14.3 Å². The van der Waals surface area contributed by atoms with Crippen molar-refractivity contribution in [1.82, 2.24) is 14.8 Å². The summed E-state index contributed by atoms with van der Waals surface area (Å²) in [7, 11) is 1.75. The van der Waals surface area contributed by atoms with Crippen molar-refractivity contribution in [3.63, 3.8) is 0 Å². The predicted molar refractivity (Wildman–Crippen MR) is 111 cm³/mol. The van der Waals surface area contributed by atoms with Crippen LogP contribution < -0.4 is 10.2 Å². The zero-order chi connectivity index (χ0) is 23.2. The van der Waals surface area contributed by atoms with E-state index in [2.05, 4.69) is 15.5 Å². The molecule has 1 aliphatic rings. The Morgan fingerprint density at radius 1 is 1.28 bits per heavy atom. The van der Waals surface area contributed by atoms with Gasteiger partial charge in [-0.15, -0.1) is 10.2 Å². The van der Waals surface area contributed by atoms with Crippen LogP contribution in [0.25, 0.3) is 11.4 Å². The van der Waals surface area contributed by atoms with Gasteiger partial charge in [0, 0.05) is 7.05 Å². The topological polar surface area (TPSA) is 93.3 Å². The van der Waals surface area contributed by atoms with Gasteiger partial charge in [0.1, 0.15) is 12.3 Å². The van der Waals surface area contributed by atoms with E-state index in [0.29, 0.717) is 16.7 Å². The number of furan rings is 1. The lowest BCUT2D eigenvalue weighted by atomic mass is 10.1. The lowest BCUT2D eigenvalue weighted by molar-refractivity contribution is -0.137. The smallest absolute Gasteiger partial charge is 0.416 e. The van der Waals surface area contributed by atoms with E-state index < -0.39 is 28.8 Å². The first kappa shape index (κ1) is 21.9. The molecule has 4 rings (SSSR count). The quantitative estimate of drug-likeness (QED) is 0.588. The molecule has 1 aliphatic heterocycles. The third-order valence-corrected chi connectivity index (χ3v) is 6.14. The fraction of sp³-hybridized carbons (Fsp3) is 0.300. The standard InChI is InChI=1S/C20H18F3N5O3S/c1-10-13(6-7-31-10)17-25-26-19(27(17)3)32-11(2)18(30)28-9-16(29)24-14-8-12(20(21,22)23)4-5-15(14)28/h4-8,11H,9H2,1-3H3,(H,24,29). The van der Waals surface area contributed by atoms with Gasteiger partial charge in [-0.1, -0.05) is 11.8 Å². The van der Waals surface area contributed by atoms with Gasteiger partial charge in [0.15, 0.2) is 11.0 Å². The van der Waals surface area contributed by atoms with Crippen LogP contribution in [0, 0.1) is 6.92 Å². The average Bonchev–Trinajstić information content (AvgIpc) is 3.30. The predicted octanol–water partition coefficient (Wildman–Crippen LogP) is 3.87. The highest BCUT2D eigenvalue weighted by Gasteiger charge is 2.35. The van der Waals surface area contributed by atoms with Crippen molar-refractivity contribution in [1.29, 1.82) is 0 Å². The molecule has 1 N–H and O–H groups in total. The molecule has 0 spiro atoms. The third-order valence-electron chi connectivity index (χ3n) is 5.02. The van der Waals surface area contributed by atoms with Gasteiger partial charge in [-0.05, 0) is 38.1 Å². The van der Waals surface area contributed by atoms with Gasteiger partial charge in [0.05, 0.1) is 34.0 Å². The van der Waals surface area contributed by atoms with Crippen molar-refractivity contribution in [2.24, 2.45) is 7.05 Å². The number of hydrogen-bond donors (Lipinski definition) is 1. The third kappa shape index (κ3) is 3.97. The molecule has 32 heavy (non-hydrogen) atoms. The molecule has 1 unspecified atom stereocenters. The van der Waals surface area contributed by atoms with Gasteiger partial charge in [-0.3, -0.25) is 14.5 Å². The molecular weight excluding hydrogens is 447 g/mol. The number of halogens is 3. The van der Waals surface area contributed by atoms with Gasteiger partial charge in [0.2, 0.25) is 11.8 Å². The van der Waals surface area contributed by atoms with E-state index in [1.165, 1.54) is 11.0 Å². The lowest BCUT2D eigenvalue weighted by Gasteiger charge is -2.31. The Morgan fingerprint density at radius 3 is 2.69 bits per heavy atom. The number of anilines is 2. The van der Waals surface area contributed by atoms with Crippen molar-refractivity contribution in [3.8, 4) is 11.4 Å². The molecule has 0 radical (unpaired) electrons. The van der Waals surface area contributed by atoms with Crippen molar-refractivity contribution < 1.29 is 27.2 Å². The van der Waals surface area contributed by atoms with Gasteiger partial charge in [0.25, 0.3) is 0 Å². The minimum Gasteiger partial charge on any atom is -0.469 e. The zero-order valence-corrected chi connectivity index (χ0v) is 18.0. The Bertz CT molecular complexity index is 1200. The van der Waals surface area contributed by atoms with Gasteiger partial charge in [-0.25, -0.2) is 0 Å². The number of rotatable bonds is 4. The first-order valence-electron chi connectivity index (χ1n) is 9.49. The Kier molecular flexibility index (Phi) is 5.49. The first-order valence-corrected chi connectivity index (χ1v) is 10.4. The summed E-state index contributed by atoms with van der Waals surface area (Å²) in [5.41, 5.74) is 0.0167. The molecule has 0 saturated carbocycles. The number of carbonyl (C=O) groups excluding carboxylic acids is 2. The largest absolute Gasteiger partial charge is 0.469 e. The number of carbonyl (C=O) groups is 2. The van der Waals surface area contributed by atoms with Crippen molar-refractivity contribution in [3.05, 3.63) is 41.9 Å². The number of hydrogen-bond acceptors (Lipinski definition) is 6. The molecule has 1 atom stereocenters. The van der Waals surface area contributed by atoms with Gasteiger partial charge >= 0.3 is 6.18 Å². The van der Waals surface area contributed by atoms with E-state index >= 15 is 0 Å². The van der Waals surface area contributed by atoms with Crippen molar-refractivity contribution in [2.45, 2.75) is 30.4 Å². The highest BCUT2D eigenvalue weighted by molar-refractivity contribution is 8.00. The first-order chi connectivity index (χ1) is 15.1. The molecule has 12 heteroatoms. The number of amides is 2. The number of benzene rings is 1. The second kappa shape index (κ2) is 8.01. The van der Waals surface area contributed by atoms with E-state index in [1.54, 1.807) is 37.8 Å². The number of aromatic nitrogens is 3. The number of thioether (sulfide) groups is 1. The van der Waals surface area contributed by atoms with E-state index in [0.717, 1.165) is 29.5 Å². The van der Waals surface area contributed by atoms with Crippen LogP contribution >= 0.6 is 11.8 Å². The van der Waals surface area contributed by atoms with Crippen LogP contribution in [0.1, 0.15) is 18.2 Å². The molecule has 1 aromatic carbocycles. The Hall–Kier alpha value is -3.28. The molecule has 0 aliphatic carbocycles. The second-order valence-corrected chi connectivity index (χ2v) is 8.53. The minimum atomic E-state index is -4.56. The minimum absolute atomic E-state index is 0.0574. The maximum absolute atomic E-state index is 13.1. The van der Waals surface area contributed by atoms with Crippen LogP contribution in [0.5, 0.6) is 0 Å². The number of aryl methyl sites for hydroxylation is 1. The zero-order valence-electron chi connectivity index (χ0n) is 17.2. The van der Waals surface area contributed by atoms with Crippen LogP contribution in [0.3, 0.4) is 0 Å². The van der Waals surface area contributed by atoms with E-state index in [9.17, 15) is 22.8 Å². The maximum atomic E-state index is 13.1. The van der Waals surface area contributed by atoms with Gasteiger partial charge in [-0.2, -0.15) is 13.2 Å². The summed E-state index contributed by atoms with van der Waals surface area (Å²) in [6.45, 7) is 3.15. The van der Waals surface area contributed by atoms with Crippen LogP contribution in [-0.4, -0.2) is 38.4 Å². The Morgan fingerprint density at radius 2 is 2.03 bits per heavy atom. The van der Waals surface area contributed by atoms with E-state index in [4.69, 9.17) is 4.42 Å². The van der Waals surface area contributed by atoms with E-state index in [-0.39, 0.29) is 17.9 Å². The average molecular weight is 465 g/mol. The fourth-order valence-corrected chi connectivity index (χ4v) is 4.24. The number of fused-ring (bicyclic) bond motifs is 1. The fourth-order valence-electron chi connectivity index (χ4n) is 3.36. The summed E-state index contributed by atoms with van der Waals surface area (Å²) >= 11 is 1.14. The molecule has 0 saturated heterocycles. The second-order valence-electron chi connectivity index (χ2n) is 7.22. The number of alkyl halides is 3. The molecule has 168 valence electrons. The molecular formula is C20H18F3N5O3S. The Balaban J connectivity index is 1.57. The maximum Gasteiger partial charge on any atom is 0.416 e. The molecule has 0 fully saturated rings. The molecule has 0 bridgehead atoms. The summed E-state index contributed by atoms with van der Waals surface area (Å²) in [6.07, 6.45) is -3.02. The van der Waals surface area contributed by atoms with E-state index in [1.807, 2.05) is 0 Å². The highest BCUT2D eigenvalue weighted by Crippen LogP contribution is 2.38. The van der Waals surface area contributed by atoms with Crippen LogP contribution in [0.15, 0.2) is 40.1 Å². The van der Waals surface area contributed by atoms with Crippen LogP contribution in [0.2, 0.25) is 0 Å². The molecule has 2 amide bonds.